The molecule has 0 radical (unpaired) electrons. The van der Waals surface area contributed by atoms with Gasteiger partial charge < -0.3 is 0 Å². The molecule has 0 spiro atoms. The van der Waals surface area contributed by atoms with Crippen molar-refractivity contribution in [3.63, 3.8) is 0 Å². The maximum atomic E-state index is 5.02. The predicted molar refractivity (Wildman–Crippen MR) is 161 cm³/mol. The van der Waals surface area contributed by atoms with Crippen LogP contribution in [0.25, 0.3) is 77.3 Å². The molecule has 0 bridgehead atoms. The van der Waals surface area contributed by atoms with Crippen molar-refractivity contribution in [3.05, 3.63) is 122 Å². The zero-order valence-corrected chi connectivity index (χ0v) is 21.2. The number of fused-ring (bicyclic) bond motifs is 8. The van der Waals surface area contributed by atoms with Gasteiger partial charge in [-0.15, -0.1) is 0 Å². The standard InChI is InChI=1S/C34H20N6/c1-7-15-29-21(9-1)23-17-32-24(18-31(23)39(29)33-19-35-25-11-3-5-13-27(25)37-33)22-10-2-8-16-30(22)40(32)34-20-36-26-12-4-6-14-28(26)38-34/h1-20H. The molecular weight excluding hydrogens is 492 g/mol. The van der Waals surface area contributed by atoms with Crippen molar-refractivity contribution in [1.29, 1.82) is 0 Å². The van der Waals surface area contributed by atoms with E-state index in [1.165, 1.54) is 0 Å². The highest BCUT2D eigenvalue weighted by molar-refractivity contribution is 6.18. The van der Waals surface area contributed by atoms with Crippen LogP contribution in [0, 0.1) is 0 Å². The first kappa shape index (κ1) is 21.3. The first-order chi connectivity index (χ1) is 19.8. The molecule has 0 saturated carbocycles. The molecule has 0 aliphatic rings. The molecule has 0 saturated heterocycles. The zero-order valence-electron chi connectivity index (χ0n) is 21.2. The van der Waals surface area contributed by atoms with Crippen LogP contribution in [0.15, 0.2) is 122 Å². The first-order valence-electron chi connectivity index (χ1n) is 13.2. The molecule has 0 amide bonds. The van der Waals surface area contributed by atoms with Gasteiger partial charge in [0.25, 0.3) is 0 Å². The van der Waals surface area contributed by atoms with Crippen LogP contribution < -0.4 is 0 Å². The lowest BCUT2D eigenvalue weighted by Crippen LogP contribution is -2.00. The highest BCUT2D eigenvalue weighted by Gasteiger charge is 2.19. The van der Waals surface area contributed by atoms with Crippen LogP contribution in [0.2, 0.25) is 0 Å². The molecule has 0 fully saturated rings. The van der Waals surface area contributed by atoms with Gasteiger partial charge in [-0.05, 0) is 48.5 Å². The van der Waals surface area contributed by atoms with E-state index in [1.807, 2.05) is 60.9 Å². The molecule has 6 nitrogen and oxygen atoms in total. The lowest BCUT2D eigenvalue weighted by molar-refractivity contribution is 1.07. The molecule has 0 atom stereocenters. The molecule has 9 aromatic rings. The second-order valence-corrected chi connectivity index (χ2v) is 10.0. The van der Waals surface area contributed by atoms with Crippen molar-refractivity contribution >= 4 is 65.7 Å². The van der Waals surface area contributed by atoms with Crippen LogP contribution in [0.5, 0.6) is 0 Å². The summed E-state index contributed by atoms with van der Waals surface area (Å²) in [6.07, 6.45) is 3.73. The first-order valence-corrected chi connectivity index (χ1v) is 13.2. The summed E-state index contributed by atoms with van der Waals surface area (Å²) in [4.78, 5) is 19.5. The van der Waals surface area contributed by atoms with E-state index < -0.39 is 0 Å². The third-order valence-corrected chi connectivity index (χ3v) is 7.80. The summed E-state index contributed by atoms with van der Waals surface area (Å²) in [6, 6.07) is 37.5. The number of benzene rings is 5. The van der Waals surface area contributed by atoms with E-state index in [2.05, 4.69) is 69.8 Å². The number of para-hydroxylation sites is 6. The molecule has 9 rings (SSSR count). The van der Waals surface area contributed by atoms with Crippen molar-refractivity contribution in [2.24, 2.45) is 0 Å². The fourth-order valence-corrected chi connectivity index (χ4v) is 6.03. The largest absolute Gasteiger partial charge is 0.292 e. The number of rotatable bonds is 2. The van der Waals surface area contributed by atoms with Crippen molar-refractivity contribution < 1.29 is 0 Å². The van der Waals surface area contributed by atoms with Gasteiger partial charge in [-0.25, -0.2) is 9.97 Å². The van der Waals surface area contributed by atoms with Gasteiger partial charge in [-0.1, -0.05) is 60.7 Å². The Morgan fingerprint density at radius 2 is 0.775 bits per heavy atom. The normalized spacial score (nSPS) is 12.0. The number of hydrogen-bond donors (Lipinski definition) is 0. The molecule has 5 aromatic carbocycles. The fraction of sp³-hybridized carbons (Fsp3) is 0. The second-order valence-electron chi connectivity index (χ2n) is 10.0. The third kappa shape index (κ3) is 2.93. The van der Waals surface area contributed by atoms with Crippen LogP contribution in [0.4, 0.5) is 0 Å². The van der Waals surface area contributed by atoms with Gasteiger partial charge >= 0.3 is 0 Å². The van der Waals surface area contributed by atoms with Gasteiger partial charge in [0.05, 0.1) is 56.5 Å². The Kier molecular flexibility index (Phi) is 4.24. The van der Waals surface area contributed by atoms with Gasteiger partial charge in [0, 0.05) is 21.5 Å². The Labute approximate surface area is 227 Å². The van der Waals surface area contributed by atoms with E-state index in [0.717, 1.165) is 77.3 Å². The van der Waals surface area contributed by atoms with E-state index >= 15 is 0 Å². The number of nitrogens with zero attached hydrogens (tertiary/aromatic N) is 6. The maximum Gasteiger partial charge on any atom is 0.156 e. The highest BCUT2D eigenvalue weighted by atomic mass is 15.1. The van der Waals surface area contributed by atoms with Crippen LogP contribution in [-0.2, 0) is 0 Å². The fourth-order valence-electron chi connectivity index (χ4n) is 6.03. The third-order valence-electron chi connectivity index (χ3n) is 7.80. The Balaban J connectivity index is 1.41. The number of hydrogen-bond acceptors (Lipinski definition) is 4. The lowest BCUT2D eigenvalue weighted by Gasteiger charge is -2.09. The van der Waals surface area contributed by atoms with Crippen LogP contribution in [0.1, 0.15) is 0 Å². The molecule has 0 aliphatic carbocycles. The average molecular weight is 513 g/mol. The van der Waals surface area contributed by atoms with Crippen molar-refractivity contribution in [1.82, 2.24) is 29.1 Å². The molecule has 40 heavy (non-hydrogen) atoms. The molecule has 4 heterocycles. The van der Waals surface area contributed by atoms with E-state index in [1.54, 1.807) is 0 Å². The van der Waals surface area contributed by atoms with Gasteiger partial charge in [-0.3, -0.25) is 19.1 Å². The van der Waals surface area contributed by atoms with Crippen LogP contribution >= 0.6 is 0 Å². The SMILES string of the molecule is c1ccc2nc(-n3c4ccccc4c4cc5c(cc43)c3ccccc3n5-c3cnc4ccccc4n3)cnc2c1. The van der Waals surface area contributed by atoms with Gasteiger partial charge in [-0.2, -0.15) is 0 Å². The van der Waals surface area contributed by atoms with Gasteiger partial charge in [0.1, 0.15) is 0 Å². The summed E-state index contributed by atoms with van der Waals surface area (Å²) >= 11 is 0. The molecule has 4 aromatic heterocycles. The van der Waals surface area contributed by atoms with Crippen LogP contribution in [-0.4, -0.2) is 29.1 Å². The predicted octanol–water partition coefficient (Wildman–Crippen LogP) is 7.77. The van der Waals surface area contributed by atoms with E-state index in [-0.39, 0.29) is 0 Å². The Morgan fingerprint density at radius 3 is 1.25 bits per heavy atom. The molecule has 0 unspecified atom stereocenters. The summed E-state index contributed by atoms with van der Waals surface area (Å²) in [6.45, 7) is 0. The minimum atomic E-state index is 0.799. The van der Waals surface area contributed by atoms with Crippen molar-refractivity contribution in [3.8, 4) is 11.6 Å². The quantitative estimate of drug-likeness (QED) is 0.237. The maximum absolute atomic E-state index is 5.02. The smallest absolute Gasteiger partial charge is 0.156 e. The summed E-state index contributed by atoms with van der Waals surface area (Å²) in [5.41, 5.74) is 7.88. The summed E-state index contributed by atoms with van der Waals surface area (Å²) in [5, 5.41) is 4.62. The zero-order chi connectivity index (χ0) is 26.2. The van der Waals surface area contributed by atoms with Gasteiger partial charge in [0.2, 0.25) is 0 Å². The van der Waals surface area contributed by atoms with Crippen molar-refractivity contribution in [2.45, 2.75) is 0 Å². The Bertz CT molecular complexity index is 2280. The topological polar surface area (TPSA) is 61.4 Å². The Hall–Kier alpha value is -5.62. The highest BCUT2D eigenvalue weighted by Crippen LogP contribution is 2.39. The average Bonchev–Trinajstić information content (AvgIpc) is 3.51. The second kappa shape index (κ2) is 7.94. The summed E-state index contributed by atoms with van der Waals surface area (Å²) in [7, 11) is 0. The lowest BCUT2D eigenvalue weighted by atomic mass is 10.1. The van der Waals surface area contributed by atoms with Crippen LogP contribution in [0.3, 0.4) is 0 Å². The van der Waals surface area contributed by atoms with E-state index in [4.69, 9.17) is 19.9 Å². The minimum absolute atomic E-state index is 0.799. The molecule has 6 heteroatoms. The van der Waals surface area contributed by atoms with Crippen molar-refractivity contribution in [2.75, 3.05) is 0 Å². The molecular formula is C34H20N6. The van der Waals surface area contributed by atoms with E-state index in [0.29, 0.717) is 0 Å². The molecule has 0 aliphatic heterocycles. The minimum Gasteiger partial charge on any atom is -0.292 e. The summed E-state index contributed by atoms with van der Waals surface area (Å²) < 4.78 is 4.46. The molecule has 186 valence electrons. The van der Waals surface area contributed by atoms with Gasteiger partial charge in [0.15, 0.2) is 11.6 Å². The number of aromatic nitrogens is 6. The monoisotopic (exact) mass is 512 g/mol. The summed E-state index contributed by atoms with van der Waals surface area (Å²) in [5.74, 6) is 1.60. The van der Waals surface area contributed by atoms with E-state index in [9.17, 15) is 0 Å². The Morgan fingerprint density at radius 1 is 0.375 bits per heavy atom. The molecule has 0 N–H and O–H groups in total.